The summed E-state index contributed by atoms with van der Waals surface area (Å²) in [5.74, 6) is -0.843. The van der Waals surface area contributed by atoms with Crippen LogP contribution in [0.5, 0.6) is 0 Å². The average Bonchev–Trinajstić information content (AvgIpc) is 2.39. The number of carbonyl (C=O) groups is 4. The Hall–Kier alpha value is -2.32. The standard InChI is InChI=1S/4C4H8O2.5H2O/c4*1-3-6-4(2)5;;;;;/h4*3H2,1-2H3;5*1H2. The van der Waals surface area contributed by atoms with Crippen LogP contribution >= 0.6 is 0 Å². The fourth-order valence-corrected chi connectivity index (χ4v) is 0.813. The van der Waals surface area contributed by atoms with Gasteiger partial charge in [-0.25, -0.2) is 0 Å². The van der Waals surface area contributed by atoms with E-state index in [1.54, 1.807) is 27.7 Å². The third-order valence-corrected chi connectivity index (χ3v) is 1.39. The molecule has 0 atom stereocenters. The molecule has 0 spiro atoms. The van der Waals surface area contributed by atoms with Crippen LogP contribution in [0.2, 0.25) is 0 Å². The third kappa shape index (κ3) is 154. The monoisotopic (exact) mass is 442 g/mol. The van der Waals surface area contributed by atoms with E-state index in [1.807, 2.05) is 0 Å². The van der Waals surface area contributed by atoms with E-state index in [0.29, 0.717) is 26.4 Å². The minimum atomic E-state index is -0.211. The second-order valence-electron chi connectivity index (χ2n) is 3.70. The van der Waals surface area contributed by atoms with Crippen molar-refractivity contribution in [2.45, 2.75) is 55.4 Å². The number of rotatable bonds is 4. The third-order valence-electron chi connectivity index (χ3n) is 1.39. The highest BCUT2D eigenvalue weighted by atomic mass is 16.5. The lowest BCUT2D eigenvalue weighted by molar-refractivity contribution is -0.141. The van der Waals surface area contributed by atoms with Gasteiger partial charge in [-0.15, -0.1) is 0 Å². The van der Waals surface area contributed by atoms with Crippen molar-refractivity contribution in [3.05, 3.63) is 0 Å². The van der Waals surface area contributed by atoms with Crippen LogP contribution in [-0.2, 0) is 38.1 Å². The van der Waals surface area contributed by atoms with Gasteiger partial charge in [-0.1, -0.05) is 0 Å². The molecule has 0 amide bonds. The molecule has 0 aliphatic heterocycles. The second kappa shape index (κ2) is 50.0. The van der Waals surface area contributed by atoms with Crippen molar-refractivity contribution in [3.8, 4) is 0 Å². The van der Waals surface area contributed by atoms with Gasteiger partial charge in [0.15, 0.2) is 0 Å². The van der Waals surface area contributed by atoms with Crippen LogP contribution in [0.25, 0.3) is 0 Å². The van der Waals surface area contributed by atoms with E-state index in [-0.39, 0.29) is 51.3 Å². The topological polar surface area (TPSA) is 263 Å². The van der Waals surface area contributed by atoms with Gasteiger partial charge in [0.25, 0.3) is 0 Å². The predicted molar refractivity (Wildman–Crippen MR) is 107 cm³/mol. The summed E-state index contributed by atoms with van der Waals surface area (Å²) >= 11 is 0. The van der Waals surface area contributed by atoms with Crippen molar-refractivity contribution in [2.75, 3.05) is 26.4 Å². The fourth-order valence-electron chi connectivity index (χ4n) is 0.813. The van der Waals surface area contributed by atoms with Crippen LogP contribution in [0, 0.1) is 0 Å². The first-order chi connectivity index (χ1) is 11.1. The van der Waals surface area contributed by atoms with E-state index in [1.165, 1.54) is 27.7 Å². The SMILES string of the molecule is CCOC(C)=O.CCOC(C)=O.CCOC(C)=O.CCOC(C)=O.O.O.O.O.O. The van der Waals surface area contributed by atoms with Crippen molar-refractivity contribution in [1.29, 1.82) is 0 Å². The smallest absolute Gasteiger partial charge is 0.302 e. The lowest BCUT2D eigenvalue weighted by Gasteiger charge is -1.89. The van der Waals surface area contributed by atoms with Crippen molar-refractivity contribution in [2.24, 2.45) is 0 Å². The number of esters is 4. The van der Waals surface area contributed by atoms with Crippen molar-refractivity contribution in [3.63, 3.8) is 0 Å². The molecule has 0 fully saturated rings. The van der Waals surface area contributed by atoms with E-state index in [9.17, 15) is 19.2 Å². The lowest BCUT2D eigenvalue weighted by atomic mass is 10.8. The number of ether oxygens (including phenoxy) is 4. The molecule has 0 radical (unpaired) electrons. The highest BCUT2D eigenvalue weighted by Crippen LogP contribution is 1.71. The summed E-state index contributed by atoms with van der Waals surface area (Å²) < 4.78 is 17.6. The molecule has 0 bridgehead atoms. The maximum absolute atomic E-state index is 9.82. The molecule has 29 heavy (non-hydrogen) atoms. The molecule has 0 unspecified atom stereocenters. The molecule has 0 aliphatic carbocycles. The Balaban J connectivity index is -0.0000000248. The van der Waals surface area contributed by atoms with Gasteiger partial charge < -0.3 is 46.3 Å². The van der Waals surface area contributed by atoms with E-state index < -0.39 is 0 Å². The van der Waals surface area contributed by atoms with Gasteiger partial charge in [-0.2, -0.15) is 0 Å². The lowest BCUT2D eigenvalue weighted by Crippen LogP contribution is -1.95. The molecule has 13 nitrogen and oxygen atoms in total. The maximum Gasteiger partial charge on any atom is 0.302 e. The molecule has 0 saturated heterocycles. The van der Waals surface area contributed by atoms with Crippen LogP contribution in [0.4, 0.5) is 0 Å². The Morgan fingerprint density at radius 2 is 0.517 bits per heavy atom. The zero-order chi connectivity index (χ0) is 20.0. The molecule has 0 aromatic heterocycles. The number of hydrogen-bond acceptors (Lipinski definition) is 8. The van der Waals surface area contributed by atoms with Gasteiger partial charge in [0, 0.05) is 27.7 Å². The Kier molecular flexibility index (Phi) is 97.1. The molecule has 0 aromatic rings. The first-order valence-electron chi connectivity index (χ1n) is 7.62. The summed E-state index contributed by atoms with van der Waals surface area (Å²) in [6.45, 7) is 14.6. The molecule has 0 saturated carbocycles. The van der Waals surface area contributed by atoms with Gasteiger partial charge in [0.2, 0.25) is 0 Å². The van der Waals surface area contributed by atoms with Crippen molar-refractivity contribution < 1.29 is 65.5 Å². The van der Waals surface area contributed by atoms with Gasteiger partial charge in [0.1, 0.15) is 0 Å². The highest BCUT2D eigenvalue weighted by Gasteiger charge is 1.83. The van der Waals surface area contributed by atoms with Gasteiger partial charge in [0.05, 0.1) is 26.4 Å². The summed E-state index contributed by atoms with van der Waals surface area (Å²) in [4.78, 5) is 39.3. The van der Waals surface area contributed by atoms with Crippen LogP contribution in [0.1, 0.15) is 55.4 Å². The van der Waals surface area contributed by atoms with E-state index in [2.05, 4.69) is 18.9 Å². The summed E-state index contributed by atoms with van der Waals surface area (Å²) in [7, 11) is 0. The molecule has 0 rings (SSSR count). The quantitative estimate of drug-likeness (QED) is 0.351. The Bertz CT molecular complexity index is 269. The van der Waals surface area contributed by atoms with E-state index in [4.69, 9.17) is 0 Å². The molecule has 10 N–H and O–H groups in total. The van der Waals surface area contributed by atoms with Crippen LogP contribution < -0.4 is 0 Å². The summed E-state index contributed by atoms with van der Waals surface area (Å²) in [5.41, 5.74) is 0. The maximum atomic E-state index is 9.82. The van der Waals surface area contributed by atoms with Gasteiger partial charge in [-0.3, -0.25) is 19.2 Å². The molecular formula is C16H42O13. The molecular weight excluding hydrogens is 400 g/mol. The Labute approximate surface area is 172 Å². The summed E-state index contributed by atoms with van der Waals surface area (Å²) in [6.07, 6.45) is 0. The average molecular weight is 442 g/mol. The fraction of sp³-hybridized carbons (Fsp3) is 0.750. The molecule has 184 valence electrons. The van der Waals surface area contributed by atoms with Crippen LogP contribution in [0.3, 0.4) is 0 Å². The normalized spacial score (nSPS) is 6.34. The first-order valence-corrected chi connectivity index (χ1v) is 7.62. The number of hydrogen-bond donors (Lipinski definition) is 0. The zero-order valence-electron chi connectivity index (χ0n) is 18.6. The van der Waals surface area contributed by atoms with E-state index >= 15 is 0 Å². The summed E-state index contributed by atoms with van der Waals surface area (Å²) in [5, 5.41) is 0. The van der Waals surface area contributed by atoms with Crippen LogP contribution in [-0.4, -0.2) is 77.7 Å². The minimum Gasteiger partial charge on any atom is -0.466 e. The van der Waals surface area contributed by atoms with Gasteiger partial charge in [-0.05, 0) is 27.7 Å². The second-order valence-corrected chi connectivity index (χ2v) is 3.70. The molecule has 13 heteroatoms. The Morgan fingerprint density at radius 1 is 0.414 bits per heavy atom. The van der Waals surface area contributed by atoms with Gasteiger partial charge >= 0.3 is 23.9 Å². The molecule has 0 heterocycles. The molecule has 0 aromatic carbocycles. The van der Waals surface area contributed by atoms with Crippen molar-refractivity contribution >= 4 is 23.9 Å². The summed E-state index contributed by atoms with van der Waals surface area (Å²) in [6, 6.07) is 0. The first kappa shape index (κ1) is 56.3. The largest absolute Gasteiger partial charge is 0.466 e. The zero-order valence-corrected chi connectivity index (χ0v) is 18.6. The molecule has 0 aliphatic rings. The highest BCUT2D eigenvalue weighted by molar-refractivity contribution is 5.66. The number of carbonyl (C=O) groups excluding carboxylic acids is 4. The van der Waals surface area contributed by atoms with Crippen molar-refractivity contribution in [1.82, 2.24) is 0 Å². The predicted octanol–water partition coefficient (Wildman–Crippen LogP) is -1.85. The van der Waals surface area contributed by atoms with E-state index in [0.717, 1.165) is 0 Å². The minimum absolute atomic E-state index is 0. The van der Waals surface area contributed by atoms with Crippen LogP contribution in [0.15, 0.2) is 0 Å². The Morgan fingerprint density at radius 3 is 0.517 bits per heavy atom.